The quantitative estimate of drug-likeness (QED) is 0.219. The maximum absolute atomic E-state index is 14.2. The first-order valence-corrected chi connectivity index (χ1v) is 15.1. The third-order valence-electron chi connectivity index (χ3n) is 7.96. The summed E-state index contributed by atoms with van der Waals surface area (Å²) >= 11 is 1.38. The van der Waals surface area contributed by atoms with Gasteiger partial charge >= 0.3 is 6.03 Å². The summed E-state index contributed by atoms with van der Waals surface area (Å²) in [5.41, 5.74) is 9.19. The molecule has 2 aromatic heterocycles. The van der Waals surface area contributed by atoms with Crippen LogP contribution in [0.25, 0.3) is 21.2 Å². The maximum Gasteiger partial charge on any atom is 0.333 e. The zero-order chi connectivity index (χ0) is 30.1. The highest BCUT2D eigenvalue weighted by molar-refractivity contribution is 7.22. The lowest BCUT2D eigenvalue weighted by atomic mass is 9.99. The van der Waals surface area contributed by atoms with Crippen LogP contribution < -0.4 is 11.1 Å². The number of hydrogen-bond donors (Lipinski definition) is 2. The SMILES string of the molecule is CCCCNC(=O)N(CC#N)N1CC(=O)N2[C@@H](Cc3ccc4occc4c3)C(=O)N(Cc3cccc4sc(N)nc34)C[C@@H]21. The van der Waals surface area contributed by atoms with Gasteiger partial charge in [-0.15, -0.1) is 0 Å². The Hall–Kier alpha value is -4.67. The average molecular weight is 601 g/mol. The van der Waals surface area contributed by atoms with Gasteiger partial charge in [0.25, 0.3) is 0 Å². The molecule has 0 spiro atoms. The summed E-state index contributed by atoms with van der Waals surface area (Å²) in [5.74, 6) is -0.468. The summed E-state index contributed by atoms with van der Waals surface area (Å²) in [4.78, 5) is 48.8. The van der Waals surface area contributed by atoms with Crippen molar-refractivity contribution in [3.05, 3.63) is 59.9 Å². The number of nitrogen functional groups attached to an aromatic ring is 1. The fourth-order valence-corrected chi connectivity index (χ4v) is 6.70. The van der Waals surface area contributed by atoms with E-state index < -0.39 is 18.2 Å². The van der Waals surface area contributed by atoms with Gasteiger partial charge in [-0.2, -0.15) is 10.3 Å². The number of unbranched alkanes of at least 4 members (excludes halogenated alkanes) is 1. The summed E-state index contributed by atoms with van der Waals surface area (Å²) in [6, 6.07) is 14.1. The highest BCUT2D eigenvalue weighted by Crippen LogP contribution is 2.32. The molecule has 2 aliphatic rings. The molecule has 3 N–H and O–H groups in total. The third-order valence-corrected chi connectivity index (χ3v) is 8.81. The minimum Gasteiger partial charge on any atom is -0.464 e. The molecule has 2 aliphatic heterocycles. The van der Waals surface area contributed by atoms with Crippen LogP contribution in [0, 0.1) is 11.3 Å². The number of rotatable bonds is 9. The molecule has 0 aliphatic carbocycles. The van der Waals surface area contributed by atoms with Crippen molar-refractivity contribution in [2.45, 2.75) is 44.9 Å². The number of amides is 4. The van der Waals surface area contributed by atoms with Crippen LogP contribution in [-0.2, 0) is 22.6 Å². The highest BCUT2D eigenvalue weighted by Gasteiger charge is 2.52. The van der Waals surface area contributed by atoms with Crippen LogP contribution in [0.1, 0.15) is 30.9 Å². The largest absolute Gasteiger partial charge is 0.464 e. The Morgan fingerprint density at radius 3 is 2.95 bits per heavy atom. The molecule has 2 atom stereocenters. The first-order chi connectivity index (χ1) is 20.9. The van der Waals surface area contributed by atoms with E-state index in [1.807, 2.05) is 49.4 Å². The number of piperazine rings is 1. The molecule has 0 bridgehead atoms. The minimum atomic E-state index is -0.813. The zero-order valence-electron chi connectivity index (χ0n) is 23.7. The molecule has 12 nitrogen and oxygen atoms in total. The predicted octanol–water partition coefficient (Wildman–Crippen LogP) is 3.30. The van der Waals surface area contributed by atoms with Crippen LogP contribution in [0.15, 0.2) is 53.1 Å². The van der Waals surface area contributed by atoms with Crippen LogP contribution in [-0.4, -0.2) is 81.0 Å². The van der Waals surface area contributed by atoms with E-state index >= 15 is 0 Å². The minimum absolute atomic E-state index is 0.121. The number of thiazole rings is 1. The first kappa shape index (κ1) is 28.4. The smallest absolute Gasteiger partial charge is 0.333 e. The molecule has 43 heavy (non-hydrogen) atoms. The number of hydrogen-bond acceptors (Lipinski definition) is 9. The number of carbonyl (C=O) groups excluding carboxylic acids is 3. The average Bonchev–Trinajstić information content (AvgIpc) is 3.70. The fourth-order valence-electron chi connectivity index (χ4n) is 5.92. The second-order valence-corrected chi connectivity index (χ2v) is 11.8. The van der Waals surface area contributed by atoms with E-state index in [1.54, 1.807) is 21.1 Å². The Morgan fingerprint density at radius 2 is 2.14 bits per heavy atom. The van der Waals surface area contributed by atoms with E-state index in [1.165, 1.54) is 16.3 Å². The number of hydrazine groups is 1. The van der Waals surface area contributed by atoms with E-state index in [2.05, 4.69) is 16.4 Å². The van der Waals surface area contributed by atoms with Crippen LogP contribution >= 0.6 is 11.3 Å². The normalized spacial score (nSPS) is 18.8. The lowest BCUT2D eigenvalue weighted by Crippen LogP contribution is -2.66. The molecule has 0 unspecified atom stereocenters. The third kappa shape index (κ3) is 5.47. The van der Waals surface area contributed by atoms with Gasteiger partial charge in [0.2, 0.25) is 11.8 Å². The number of anilines is 1. The molecule has 4 heterocycles. The van der Waals surface area contributed by atoms with Crippen molar-refractivity contribution in [1.82, 2.24) is 30.1 Å². The lowest BCUT2D eigenvalue weighted by Gasteiger charge is -2.46. The Labute approximate surface area is 252 Å². The summed E-state index contributed by atoms with van der Waals surface area (Å²) in [5, 5.41) is 16.7. The van der Waals surface area contributed by atoms with Crippen LogP contribution in [0.2, 0.25) is 0 Å². The second kappa shape index (κ2) is 11.9. The van der Waals surface area contributed by atoms with Gasteiger partial charge in [-0.25, -0.2) is 14.8 Å². The number of furan rings is 1. The van der Waals surface area contributed by atoms with Gasteiger partial charge in [-0.1, -0.05) is 42.9 Å². The van der Waals surface area contributed by atoms with Gasteiger partial charge in [-0.3, -0.25) is 9.59 Å². The second-order valence-electron chi connectivity index (χ2n) is 10.7. The van der Waals surface area contributed by atoms with Gasteiger partial charge in [0.1, 0.15) is 24.3 Å². The number of nitrogens with one attached hydrogen (secondary N) is 1. The van der Waals surface area contributed by atoms with E-state index in [4.69, 9.17) is 10.2 Å². The number of aromatic nitrogens is 1. The Morgan fingerprint density at radius 1 is 1.28 bits per heavy atom. The standard InChI is InChI=1S/C30H32N8O4S/c1-2-3-11-33-30(41)36(12-10-31)37-18-26(39)38-22(15-19-7-8-23-20(14-19)9-13-42-23)28(40)35(17-25(37)38)16-21-5-4-6-24-27(21)34-29(32)43-24/h4-9,13-14,22,25H,2-3,11-12,15-18H2,1H3,(H2,32,34)(H,33,41)/t22-,25+/m0/s1. The zero-order valence-corrected chi connectivity index (χ0v) is 24.5. The summed E-state index contributed by atoms with van der Waals surface area (Å²) in [6.07, 6.45) is 2.94. The van der Waals surface area contributed by atoms with Crippen LogP contribution in [0.3, 0.4) is 0 Å². The number of nitriles is 1. The summed E-state index contributed by atoms with van der Waals surface area (Å²) in [7, 11) is 0. The van der Waals surface area contributed by atoms with Crippen molar-refractivity contribution >= 4 is 55.5 Å². The molecule has 4 amide bonds. The lowest BCUT2D eigenvalue weighted by molar-refractivity contribution is -0.157. The van der Waals surface area contributed by atoms with E-state index in [0.29, 0.717) is 11.7 Å². The van der Waals surface area contributed by atoms with Gasteiger partial charge in [0.15, 0.2) is 5.13 Å². The number of carbonyl (C=O) groups is 3. The molecule has 13 heteroatoms. The van der Waals surface area contributed by atoms with Crippen LogP contribution in [0.4, 0.5) is 9.93 Å². The van der Waals surface area contributed by atoms with E-state index in [9.17, 15) is 19.6 Å². The molecule has 2 aromatic carbocycles. The molecular formula is C30H32N8O4S. The van der Waals surface area contributed by atoms with Crippen molar-refractivity contribution < 1.29 is 18.8 Å². The van der Waals surface area contributed by atoms with E-state index in [-0.39, 0.29) is 44.4 Å². The van der Waals surface area contributed by atoms with Crippen molar-refractivity contribution in [2.75, 3.05) is 31.9 Å². The molecule has 6 rings (SSSR count). The number of benzene rings is 2. The number of fused-ring (bicyclic) bond motifs is 3. The maximum atomic E-state index is 14.2. The molecule has 2 saturated heterocycles. The molecule has 0 radical (unpaired) electrons. The highest BCUT2D eigenvalue weighted by atomic mass is 32.1. The van der Waals surface area contributed by atoms with Crippen LogP contribution in [0.5, 0.6) is 0 Å². The van der Waals surface area contributed by atoms with Crippen molar-refractivity contribution in [3.8, 4) is 6.07 Å². The number of para-hydroxylation sites is 1. The van der Waals surface area contributed by atoms with Gasteiger partial charge in [0, 0.05) is 24.9 Å². The monoisotopic (exact) mass is 600 g/mol. The molecule has 4 aromatic rings. The summed E-state index contributed by atoms with van der Waals surface area (Å²) < 4.78 is 6.41. The number of nitrogens with zero attached hydrogens (tertiary/aromatic N) is 6. The van der Waals surface area contributed by atoms with Gasteiger partial charge < -0.3 is 25.3 Å². The molecule has 2 fully saturated rings. The van der Waals surface area contributed by atoms with E-state index in [0.717, 1.165) is 45.2 Å². The molecular weight excluding hydrogens is 568 g/mol. The van der Waals surface area contributed by atoms with Gasteiger partial charge in [-0.05, 0) is 41.8 Å². The van der Waals surface area contributed by atoms with Crippen molar-refractivity contribution in [2.24, 2.45) is 0 Å². The molecule has 0 saturated carbocycles. The van der Waals surface area contributed by atoms with Crippen molar-refractivity contribution in [1.29, 1.82) is 5.26 Å². The molecule has 222 valence electrons. The van der Waals surface area contributed by atoms with Crippen molar-refractivity contribution in [3.63, 3.8) is 0 Å². The topological polar surface area (TPSA) is 152 Å². The summed E-state index contributed by atoms with van der Waals surface area (Å²) in [6.45, 7) is 2.53. The Bertz CT molecular complexity index is 1730. The Kier molecular flexibility index (Phi) is 7.88. The number of urea groups is 1. The predicted molar refractivity (Wildman–Crippen MR) is 161 cm³/mol. The first-order valence-electron chi connectivity index (χ1n) is 14.3. The van der Waals surface area contributed by atoms with Gasteiger partial charge in [0.05, 0.1) is 35.6 Å². The fraction of sp³-hybridized carbons (Fsp3) is 0.367. The Balaban J connectivity index is 1.35. The number of nitrogens with two attached hydrogens (primary N) is 1.